The van der Waals surface area contributed by atoms with E-state index in [1.807, 2.05) is 0 Å². The van der Waals surface area contributed by atoms with Crippen molar-refractivity contribution < 1.29 is 33.0 Å². The summed E-state index contributed by atoms with van der Waals surface area (Å²) in [7, 11) is -4.54. The molecule has 1 saturated heterocycles. The number of aliphatic hydroxyl groups excluding tert-OH is 3. The Labute approximate surface area is 164 Å². The van der Waals surface area contributed by atoms with E-state index in [-0.39, 0.29) is 4.90 Å². The normalized spacial score (nSPS) is 24.8. The van der Waals surface area contributed by atoms with Crippen molar-refractivity contribution in [3.05, 3.63) is 36.9 Å². The Kier molecular flexibility index (Phi) is 4.94. The predicted molar refractivity (Wildman–Crippen MR) is 96.0 cm³/mol. The van der Waals surface area contributed by atoms with Crippen LogP contribution in [-0.2, 0) is 14.9 Å². The first-order valence-corrected chi connectivity index (χ1v) is 9.83. The fourth-order valence-corrected chi connectivity index (χ4v) is 3.55. The maximum atomic E-state index is 11.0. The lowest BCUT2D eigenvalue weighted by atomic mass is 10.1. The van der Waals surface area contributed by atoms with Gasteiger partial charge in [-0.3, -0.25) is 4.57 Å². The minimum Gasteiger partial charge on any atom is -0.744 e. The van der Waals surface area contributed by atoms with Gasteiger partial charge >= 0.3 is 0 Å². The third-order valence-corrected chi connectivity index (χ3v) is 5.41. The van der Waals surface area contributed by atoms with E-state index in [4.69, 9.17) is 4.74 Å². The largest absolute Gasteiger partial charge is 0.744 e. The van der Waals surface area contributed by atoms with Gasteiger partial charge in [0.25, 0.3) is 0 Å². The van der Waals surface area contributed by atoms with E-state index >= 15 is 0 Å². The molecule has 0 unspecified atom stereocenters. The molecular formula is C16H16N5O7S-. The number of hydrogen-bond acceptors (Lipinski definition) is 11. The molecule has 0 spiro atoms. The number of anilines is 2. The second kappa shape index (κ2) is 7.29. The molecule has 3 aromatic rings. The van der Waals surface area contributed by atoms with E-state index in [9.17, 15) is 28.3 Å². The molecule has 4 N–H and O–H groups in total. The van der Waals surface area contributed by atoms with Crippen molar-refractivity contribution in [3.8, 4) is 0 Å². The van der Waals surface area contributed by atoms with Crippen molar-refractivity contribution in [3.63, 3.8) is 0 Å². The number of fused-ring (bicyclic) bond motifs is 1. The van der Waals surface area contributed by atoms with Crippen molar-refractivity contribution in [2.75, 3.05) is 11.9 Å². The molecule has 1 aromatic carbocycles. The molecule has 154 valence electrons. The topological polar surface area (TPSA) is 183 Å². The number of hydrogen-bond donors (Lipinski definition) is 4. The average Bonchev–Trinajstić information content (AvgIpc) is 3.24. The monoisotopic (exact) mass is 422 g/mol. The first-order valence-electron chi connectivity index (χ1n) is 8.42. The molecule has 0 amide bonds. The molecule has 0 radical (unpaired) electrons. The second-order valence-electron chi connectivity index (χ2n) is 6.38. The molecule has 0 bridgehead atoms. The molecule has 12 nitrogen and oxygen atoms in total. The molecule has 4 atom stereocenters. The van der Waals surface area contributed by atoms with Crippen LogP contribution in [0.15, 0.2) is 41.8 Å². The molecule has 1 fully saturated rings. The number of aliphatic hydroxyl groups is 3. The van der Waals surface area contributed by atoms with E-state index < -0.39 is 41.3 Å². The van der Waals surface area contributed by atoms with Gasteiger partial charge in [0.05, 0.1) is 17.8 Å². The highest BCUT2D eigenvalue weighted by molar-refractivity contribution is 7.85. The molecule has 1 aliphatic rings. The summed E-state index contributed by atoms with van der Waals surface area (Å²) in [5, 5.41) is 32.4. The molecule has 13 heteroatoms. The molecule has 0 aliphatic carbocycles. The molecule has 1 aliphatic heterocycles. The Hall–Kier alpha value is -2.68. The number of nitrogens with one attached hydrogen (secondary N) is 1. The number of nitrogens with zero attached hydrogens (tertiary/aromatic N) is 4. The Bertz CT molecular complexity index is 1130. The van der Waals surface area contributed by atoms with Crippen molar-refractivity contribution in [1.29, 1.82) is 0 Å². The first-order chi connectivity index (χ1) is 13.8. The first kappa shape index (κ1) is 19.6. The van der Waals surface area contributed by atoms with Gasteiger partial charge in [0.15, 0.2) is 23.2 Å². The van der Waals surface area contributed by atoms with Crippen LogP contribution in [0.2, 0.25) is 0 Å². The third kappa shape index (κ3) is 3.55. The van der Waals surface area contributed by atoms with Crippen LogP contribution >= 0.6 is 0 Å². The summed E-state index contributed by atoms with van der Waals surface area (Å²) < 4.78 is 40.0. The maximum absolute atomic E-state index is 11.0. The van der Waals surface area contributed by atoms with Crippen molar-refractivity contribution >= 4 is 32.8 Å². The molecule has 2 aromatic heterocycles. The van der Waals surface area contributed by atoms with Gasteiger partial charge in [-0.1, -0.05) is 0 Å². The molecule has 3 heterocycles. The van der Waals surface area contributed by atoms with Crippen LogP contribution in [0.3, 0.4) is 0 Å². The molecule has 29 heavy (non-hydrogen) atoms. The van der Waals surface area contributed by atoms with Gasteiger partial charge in [-0.2, -0.15) is 0 Å². The third-order valence-electron chi connectivity index (χ3n) is 4.56. The Morgan fingerprint density at radius 3 is 2.48 bits per heavy atom. The number of ether oxygens (including phenoxy) is 1. The number of rotatable bonds is 5. The highest BCUT2D eigenvalue weighted by Gasteiger charge is 2.44. The van der Waals surface area contributed by atoms with Crippen LogP contribution in [0, 0.1) is 0 Å². The SMILES string of the molecule is O=S(=O)([O-])c1ccc(Nc2ncnc3c2ncn3[C@@H]2O[C@H](CO)[C@@H](O)[C@H]2O)cc1. The summed E-state index contributed by atoms with van der Waals surface area (Å²) in [5.41, 5.74) is 1.08. The lowest BCUT2D eigenvalue weighted by Gasteiger charge is -2.16. The van der Waals surface area contributed by atoms with Crippen LogP contribution in [0.4, 0.5) is 11.5 Å². The summed E-state index contributed by atoms with van der Waals surface area (Å²) in [6.45, 7) is -0.460. The summed E-state index contributed by atoms with van der Waals surface area (Å²) in [4.78, 5) is 12.1. The zero-order valence-electron chi connectivity index (χ0n) is 14.7. The fraction of sp³-hybridized carbons (Fsp3) is 0.312. The highest BCUT2D eigenvalue weighted by atomic mass is 32.2. The number of benzene rings is 1. The predicted octanol–water partition coefficient (Wildman–Crippen LogP) is -0.915. The van der Waals surface area contributed by atoms with Gasteiger partial charge < -0.3 is 29.9 Å². The van der Waals surface area contributed by atoms with Gasteiger partial charge in [0.1, 0.15) is 34.8 Å². The van der Waals surface area contributed by atoms with E-state index in [0.717, 1.165) is 0 Å². The number of imidazole rings is 1. The second-order valence-corrected chi connectivity index (χ2v) is 7.76. The van der Waals surface area contributed by atoms with Crippen molar-refractivity contribution in [2.24, 2.45) is 0 Å². The quantitative estimate of drug-likeness (QED) is 0.373. The Balaban J connectivity index is 1.65. The fourth-order valence-electron chi connectivity index (χ4n) is 3.08. The van der Waals surface area contributed by atoms with Crippen molar-refractivity contribution in [2.45, 2.75) is 29.4 Å². The summed E-state index contributed by atoms with van der Waals surface area (Å²) in [6, 6.07) is 5.14. The van der Waals surface area contributed by atoms with Gasteiger partial charge in [-0.25, -0.2) is 23.4 Å². The Morgan fingerprint density at radius 1 is 1.14 bits per heavy atom. The van der Waals surface area contributed by atoms with Crippen molar-refractivity contribution in [1.82, 2.24) is 19.5 Å². The lowest BCUT2D eigenvalue weighted by Crippen LogP contribution is -2.33. The minimum absolute atomic E-state index is 0.290. The van der Waals surface area contributed by atoms with Crippen LogP contribution in [0.5, 0.6) is 0 Å². The summed E-state index contributed by atoms with van der Waals surface area (Å²) in [5.74, 6) is 0.290. The Morgan fingerprint density at radius 2 is 1.86 bits per heavy atom. The van der Waals surface area contributed by atoms with Crippen LogP contribution in [-0.4, -0.2) is 72.7 Å². The standard InChI is InChI=1S/C16H17N5O7S/c22-5-10-12(23)13(24)16(28-10)21-7-19-11-14(17-6-18-15(11)21)20-8-1-3-9(4-2-8)29(25,26)27/h1-4,6-7,10,12-13,16,22-24H,5H2,(H,17,18,20)(H,25,26,27)/p-1/t10-,12-,13-,16-/m1/s1. The number of aromatic nitrogens is 4. The molecule has 4 rings (SSSR count). The molecule has 0 saturated carbocycles. The zero-order chi connectivity index (χ0) is 20.8. The van der Waals surface area contributed by atoms with Gasteiger partial charge in [0, 0.05) is 5.69 Å². The van der Waals surface area contributed by atoms with Crippen LogP contribution in [0.25, 0.3) is 11.2 Å². The summed E-state index contributed by atoms with van der Waals surface area (Å²) >= 11 is 0. The van der Waals surface area contributed by atoms with E-state index in [0.29, 0.717) is 22.7 Å². The zero-order valence-corrected chi connectivity index (χ0v) is 15.5. The van der Waals surface area contributed by atoms with E-state index in [1.165, 1.54) is 41.5 Å². The lowest BCUT2D eigenvalue weighted by molar-refractivity contribution is -0.0511. The van der Waals surface area contributed by atoms with Gasteiger partial charge in [0.2, 0.25) is 0 Å². The van der Waals surface area contributed by atoms with Gasteiger partial charge in [-0.05, 0) is 24.3 Å². The van der Waals surface area contributed by atoms with E-state index in [1.54, 1.807) is 0 Å². The van der Waals surface area contributed by atoms with E-state index in [2.05, 4.69) is 20.3 Å². The summed E-state index contributed by atoms with van der Waals surface area (Å²) in [6.07, 6.45) is -1.90. The smallest absolute Gasteiger partial charge is 0.167 e. The van der Waals surface area contributed by atoms with Crippen LogP contribution < -0.4 is 5.32 Å². The average molecular weight is 422 g/mol. The molecular weight excluding hydrogens is 406 g/mol. The highest BCUT2D eigenvalue weighted by Crippen LogP contribution is 2.32. The van der Waals surface area contributed by atoms with Gasteiger partial charge in [-0.15, -0.1) is 0 Å². The maximum Gasteiger partial charge on any atom is 0.167 e. The minimum atomic E-state index is -4.54. The van der Waals surface area contributed by atoms with Crippen LogP contribution in [0.1, 0.15) is 6.23 Å².